The zero-order valence-corrected chi connectivity index (χ0v) is 58.2. The van der Waals surface area contributed by atoms with Gasteiger partial charge in [0, 0.05) is 90.0 Å². The summed E-state index contributed by atoms with van der Waals surface area (Å²) in [5, 5.41) is 50.6. The molecular formula is C85H74N18O. The second-order valence-electron chi connectivity index (χ2n) is 29.0. The summed E-state index contributed by atoms with van der Waals surface area (Å²) < 4.78 is 7.17. The summed E-state index contributed by atoms with van der Waals surface area (Å²) in [4.78, 5) is 28.2. The number of anilines is 1. The van der Waals surface area contributed by atoms with Gasteiger partial charge in [0.15, 0.2) is 11.4 Å². The van der Waals surface area contributed by atoms with Gasteiger partial charge in [-0.3, -0.25) is 25.1 Å². The monoisotopic (exact) mass is 1360 g/mol. The number of nitrogens with one attached hydrogen (secondary N) is 5. The molecule has 0 aliphatic heterocycles. The number of aromatic amines is 5. The first-order valence-corrected chi connectivity index (χ1v) is 36.7. The Morgan fingerprint density at radius 1 is 0.462 bits per heavy atom. The quantitative estimate of drug-likeness (QED) is 0.0958. The molecule has 12 heterocycles. The van der Waals surface area contributed by atoms with Crippen LogP contribution in [0.1, 0.15) is 115 Å². The number of pyridine rings is 5. The van der Waals surface area contributed by atoms with Crippen molar-refractivity contribution in [3.8, 4) is 33.8 Å². The third-order valence-electron chi connectivity index (χ3n) is 22.8. The fourth-order valence-corrected chi connectivity index (χ4v) is 17.7. The molecule has 0 spiro atoms. The van der Waals surface area contributed by atoms with Crippen molar-refractivity contribution >= 4 is 132 Å². The van der Waals surface area contributed by atoms with Crippen LogP contribution in [0.4, 0.5) is 5.82 Å². The predicted octanol–water partition coefficient (Wildman–Crippen LogP) is 18.4. The van der Waals surface area contributed by atoms with Crippen LogP contribution in [-0.2, 0) is 58.4 Å². The van der Waals surface area contributed by atoms with E-state index in [0.29, 0.717) is 11.4 Å². The highest BCUT2D eigenvalue weighted by atomic mass is 16.5. The van der Waals surface area contributed by atoms with E-state index in [-0.39, 0.29) is 0 Å². The summed E-state index contributed by atoms with van der Waals surface area (Å²) in [6.07, 6.45) is 36.5. The molecular weight excluding hydrogens is 1290 g/mol. The molecule has 7 N–H and O–H groups in total. The van der Waals surface area contributed by atoms with Crippen LogP contribution in [0, 0.1) is 5.92 Å². The van der Waals surface area contributed by atoms with Gasteiger partial charge >= 0.3 is 0 Å². The standard InChI is InChI=1S/C22H19N5.C21H17N5O.C21H17N5.C21H21N3/c1-27-20-9-6-13(10-14(20)11-24-27)22-16-5-3-2-4-15(16)21-17-12-23-26-18(17)7-8-19(21)25-22;22-21-14-9-11(5-8-18(14)27-26-21)20-13-4-2-1-3-12(13)19-15-10-23-25-16(15)6-7-17(19)24-20;1-2-4-15-14(3-1)19-16-11-24-26-17(16)5-6-18(19)25-20(15)13-9-12-7-8-22-21(12)23-10-13;1-12-6-7-15-16(10-12)21(14-5-3-4-13(14)2)23-19-9-8-18-17(20(15)19)11-22-24-18/h6-12H,2-5H2,1H3,(H,23,26);5-10H,1-4H2,(H2,22,26)(H,23,25);5-11H,1-4H2,(H,22,23)(H,24,26);4-5,8-9,11-12H,3,6-7,10H2,1-2H3,(H,22,24). The lowest BCUT2D eigenvalue weighted by atomic mass is 9.80. The van der Waals surface area contributed by atoms with Crippen LogP contribution in [0.5, 0.6) is 0 Å². The van der Waals surface area contributed by atoms with E-state index < -0.39 is 0 Å². The number of nitrogens with zero attached hydrogens (tertiary/aromatic N) is 12. The van der Waals surface area contributed by atoms with Crippen molar-refractivity contribution in [2.75, 3.05) is 5.73 Å². The highest BCUT2D eigenvalue weighted by molar-refractivity contribution is 6.11. The van der Waals surface area contributed by atoms with E-state index in [4.69, 9.17) is 30.2 Å². The van der Waals surface area contributed by atoms with E-state index in [9.17, 15) is 0 Å². The fourth-order valence-electron chi connectivity index (χ4n) is 17.7. The van der Waals surface area contributed by atoms with Gasteiger partial charge in [-0.25, -0.2) is 24.9 Å². The molecule has 104 heavy (non-hydrogen) atoms. The first kappa shape index (κ1) is 61.6. The molecule has 510 valence electrons. The molecule has 0 saturated carbocycles. The minimum Gasteiger partial charge on any atom is -0.380 e. The zero-order valence-electron chi connectivity index (χ0n) is 58.2. The number of hydrogen-bond acceptors (Lipinski definition) is 13. The third kappa shape index (κ3) is 10.2. The van der Waals surface area contributed by atoms with E-state index in [1.165, 1.54) is 150 Å². The number of nitrogen functional groups attached to an aromatic ring is 1. The van der Waals surface area contributed by atoms with Gasteiger partial charge < -0.3 is 15.2 Å². The van der Waals surface area contributed by atoms with Crippen LogP contribution < -0.4 is 5.73 Å². The van der Waals surface area contributed by atoms with Gasteiger partial charge in [-0.15, -0.1) is 0 Å². The number of hydrogen-bond donors (Lipinski definition) is 6. The van der Waals surface area contributed by atoms with Gasteiger partial charge in [0.05, 0.1) is 109 Å². The van der Waals surface area contributed by atoms with E-state index in [2.05, 4.69) is 166 Å². The molecule has 18 aromatic rings. The number of fused-ring (bicyclic) bond motifs is 23. The Kier molecular flexibility index (Phi) is 14.7. The van der Waals surface area contributed by atoms with E-state index >= 15 is 0 Å². The summed E-state index contributed by atoms with van der Waals surface area (Å²) in [6, 6.07) is 33.6. The van der Waals surface area contributed by atoms with Crippen LogP contribution in [0.2, 0.25) is 0 Å². The minimum absolute atomic E-state index is 0.418. The molecule has 5 aliphatic rings. The number of aryl methyl sites for hydroxylation is 5. The third-order valence-corrected chi connectivity index (χ3v) is 22.8. The second kappa shape index (κ2) is 24.8. The van der Waals surface area contributed by atoms with Crippen molar-refractivity contribution in [1.29, 1.82) is 0 Å². The Hall–Kier alpha value is -12.3. The molecule has 0 fully saturated rings. The average Bonchev–Trinajstić information content (AvgIpc) is 1.25. The number of allylic oxidation sites excluding steroid dienone is 4. The molecule has 1 unspecified atom stereocenters. The van der Waals surface area contributed by atoms with Gasteiger partial charge in [-0.2, -0.15) is 25.5 Å². The van der Waals surface area contributed by atoms with Gasteiger partial charge in [0.25, 0.3) is 0 Å². The van der Waals surface area contributed by atoms with Gasteiger partial charge in [-0.05, 0) is 262 Å². The summed E-state index contributed by atoms with van der Waals surface area (Å²) in [5.74, 6) is 1.15. The normalized spacial score (nSPS) is 15.7. The van der Waals surface area contributed by atoms with Crippen molar-refractivity contribution in [2.24, 2.45) is 13.0 Å². The van der Waals surface area contributed by atoms with Crippen molar-refractivity contribution in [1.82, 2.24) is 85.6 Å². The van der Waals surface area contributed by atoms with Gasteiger partial charge in [0.2, 0.25) is 0 Å². The molecule has 0 bridgehead atoms. The predicted molar refractivity (Wildman–Crippen MR) is 415 cm³/mol. The Morgan fingerprint density at radius 3 is 1.47 bits per heavy atom. The molecule has 0 radical (unpaired) electrons. The smallest absolute Gasteiger partial charge is 0.174 e. The SMILES string of the molecule is CC1=CCC=C1c1nc2ccc3[nH]ncc3c2c2c1CC(C)CC2.Cn1ncc2cc(-c3nc4ccc5[nH]ncc5c4c4c3CCCC4)ccc21.Nc1noc2ccc(-c3nc4ccc5[nH]ncc5c4c4c3CCCC4)cc12.c1cc2cc(-c3nc4ccc5[nH]ncc5c4c4c3CCCC4)cnc2[nH]1. The molecule has 6 aromatic carbocycles. The van der Waals surface area contributed by atoms with Crippen molar-refractivity contribution in [2.45, 2.75) is 117 Å². The summed E-state index contributed by atoms with van der Waals surface area (Å²) >= 11 is 0. The largest absolute Gasteiger partial charge is 0.380 e. The fraction of sp³-hybridized carbons (Fsp3) is 0.235. The van der Waals surface area contributed by atoms with E-state index in [1.54, 1.807) is 0 Å². The number of H-pyrrole nitrogens is 5. The van der Waals surface area contributed by atoms with Crippen molar-refractivity contribution < 1.29 is 4.52 Å². The number of nitrogens with two attached hydrogens (primary N) is 1. The van der Waals surface area contributed by atoms with Crippen LogP contribution in [0.25, 0.3) is 159 Å². The van der Waals surface area contributed by atoms with E-state index in [0.717, 1.165) is 169 Å². The maximum absolute atomic E-state index is 5.97. The second-order valence-corrected chi connectivity index (χ2v) is 29.0. The first-order valence-electron chi connectivity index (χ1n) is 36.7. The summed E-state index contributed by atoms with van der Waals surface area (Å²) in [5.41, 5.74) is 39.2. The Morgan fingerprint density at radius 2 is 0.942 bits per heavy atom. The molecule has 23 rings (SSSR count). The lowest BCUT2D eigenvalue weighted by Gasteiger charge is -2.26. The maximum Gasteiger partial charge on any atom is 0.174 e. The molecule has 12 aromatic heterocycles. The molecule has 19 heteroatoms. The number of rotatable bonds is 4. The van der Waals surface area contributed by atoms with Gasteiger partial charge in [-0.1, -0.05) is 30.3 Å². The van der Waals surface area contributed by atoms with Crippen LogP contribution in [-0.4, -0.2) is 85.6 Å². The zero-order chi connectivity index (χ0) is 69.3. The molecule has 0 amide bonds. The number of aromatic nitrogens is 17. The topological polar surface area (TPSA) is 265 Å². The lowest BCUT2D eigenvalue weighted by molar-refractivity contribution is 0.460. The Bertz CT molecular complexity index is 6600. The van der Waals surface area contributed by atoms with Crippen molar-refractivity contribution in [3.05, 3.63) is 208 Å². The molecule has 0 saturated heterocycles. The summed E-state index contributed by atoms with van der Waals surface area (Å²) in [6.45, 7) is 4.57. The average molecular weight is 1360 g/mol. The minimum atomic E-state index is 0.418. The maximum atomic E-state index is 5.97. The highest BCUT2D eigenvalue weighted by Gasteiger charge is 2.29. The van der Waals surface area contributed by atoms with E-state index in [1.807, 2.05) is 73.3 Å². The molecule has 5 aliphatic carbocycles. The van der Waals surface area contributed by atoms with Crippen molar-refractivity contribution in [3.63, 3.8) is 0 Å². The van der Waals surface area contributed by atoms with Gasteiger partial charge in [0.1, 0.15) is 5.65 Å². The Labute approximate surface area is 595 Å². The molecule has 19 nitrogen and oxygen atoms in total. The number of benzene rings is 6. The van der Waals surface area contributed by atoms with Crippen LogP contribution >= 0.6 is 0 Å². The lowest BCUT2D eigenvalue weighted by Crippen LogP contribution is -2.15. The van der Waals surface area contributed by atoms with Crippen LogP contribution in [0.15, 0.2) is 163 Å². The van der Waals surface area contributed by atoms with Crippen LogP contribution in [0.3, 0.4) is 0 Å². The first-order chi connectivity index (χ1) is 51.2. The molecule has 1 atom stereocenters. The highest BCUT2D eigenvalue weighted by Crippen LogP contribution is 2.45. The Balaban J connectivity index is 0.0000000925. The summed E-state index contributed by atoms with van der Waals surface area (Å²) in [7, 11) is 1.98.